The van der Waals surface area contributed by atoms with E-state index in [1.54, 1.807) is 0 Å². The maximum Gasteiger partial charge on any atom is 0.253 e. The number of hydrogen-bond acceptors (Lipinski definition) is 4. The molecule has 1 aliphatic rings. The van der Waals surface area contributed by atoms with Crippen molar-refractivity contribution in [1.29, 1.82) is 0 Å². The quantitative estimate of drug-likeness (QED) is 0.612. The lowest BCUT2D eigenvalue weighted by Crippen LogP contribution is -2.38. The van der Waals surface area contributed by atoms with Crippen molar-refractivity contribution >= 4 is 11.8 Å². The summed E-state index contributed by atoms with van der Waals surface area (Å²) in [6.07, 6.45) is 3.17. The molecule has 1 atom stereocenters. The summed E-state index contributed by atoms with van der Waals surface area (Å²) in [5.41, 5.74) is 5.31. The number of amides is 2. The van der Waals surface area contributed by atoms with E-state index < -0.39 is 0 Å². The Morgan fingerprint density at radius 3 is 2.47 bits per heavy atom. The SMILES string of the molecule is CCC(CN1C(=O)C=CC1=O)OCCN. The first-order chi connectivity index (χ1) is 7.19. The number of nitrogens with two attached hydrogens (primary N) is 1. The minimum Gasteiger partial charge on any atom is -0.375 e. The number of carbonyl (C=O) groups excluding carboxylic acids is 2. The van der Waals surface area contributed by atoms with Crippen molar-refractivity contribution in [3.8, 4) is 0 Å². The molecule has 1 aliphatic heterocycles. The van der Waals surface area contributed by atoms with Crippen LogP contribution in [0.5, 0.6) is 0 Å². The highest BCUT2D eigenvalue weighted by molar-refractivity contribution is 6.12. The fourth-order valence-corrected chi connectivity index (χ4v) is 1.35. The Morgan fingerprint density at radius 1 is 1.40 bits per heavy atom. The predicted octanol–water partition coefficient (Wildman–Crippen LogP) is -0.335. The van der Waals surface area contributed by atoms with Gasteiger partial charge in [0, 0.05) is 18.7 Å². The average Bonchev–Trinajstić information content (AvgIpc) is 2.55. The number of ether oxygens (including phenoxy) is 1. The molecule has 1 unspecified atom stereocenters. The van der Waals surface area contributed by atoms with Crippen molar-refractivity contribution in [2.24, 2.45) is 5.73 Å². The first kappa shape index (κ1) is 11.9. The lowest BCUT2D eigenvalue weighted by molar-refractivity contribution is -0.139. The molecular weight excluding hydrogens is 196 g/mol. The van der Waals surface area contributed by atoms with Gasteiger partial charge in [0.15, 0.2) is 0 Å². The van der Waals surface area contributed by atoms with E-state index in [2.05, 4.69) is 0 Å². The molecule has 0 bridgehead atoms. The van der Waals surface area contributed by atoms with Crippen LogP contribution in [-0.2, 0) is 14.3 Å². The fourth-order valence-electron chi connectivity index (χ4n) is 1.35. The Labute approximate surface area is 88.9 Å². The molecule has 0 saturated heterocycles. The van der Waals surface area contributed by atoms with E-state index in [4.69, 9.17) is 10.5 Å². The predicted molar refractivity (Wildman–Crippen MR) is 54.9 cm³/mol. The van der Waals surface area contributed by atoms with Crippen LogP contribution in [0.2, 0.25) is 0 Å². The van der Waals surface area contributed by atoms with Gasteiger partial charge in [-0.3, -0.25) is 14.5 Å². The third kappa shape index (κ3) is 3.14. The molecule has 0 aromatic carbocycles. The third-order valence-electron chi connectivity index (χ3n) is 2.21. The van der Waals surface area contributed by atoms with Crippen LogP contribution < -0.4 is 5.73 Å². The molecule has 1 heterocycles. The van der Waals surface area contributed by atoms with Crippen LogP contribution in [0.4, 0.5) is 0 Å². The Morgan fingerprint density at radius 2 is 2.00 bits per heavy atom. The van der Waals surface area contributed by atoms with E-state index in [0.29, 0.717) is 19.7 Å². The van der Waals surface area contributed by atoms with Crippen LogP contribution in [0.25, 0.3) is 0 Å². The number of rotatable bonds is 6. The standard InChI is InChI=1S/C10H16N2O3/c1-2-8(15-6-5-11)7-12-9(13)3-4-10(12)14/h3-4,8H,2,5-7,11H2,1H3. The van der Waals surface area contributed by atoms with Gasteiger partial charge in [0.05, 0.1) is 19.3 Å². The molecule has 2 amide bonds. The second-order valence-electron chi connectivity index (χ2n) is 3.31. The van der Waals surface area contributed by atoms with Crippen molar-refractivity contribution in [1.82, 2.24) is 4.90 Å². The molecular formula is C10H16N2O3. The van der Waals surface area contributed by atoms with Crippen molar-refractivity contribution < 1.29 is 14.3 Å². The summed E-state index contributed by atoms with van der Waals surface area (Å²) in [4.78, 5) is 23.7. The van der Waals surface area contributed by atoms with E-state index in [0.717, 1.165) is 6.42 Å². The zero-order valence-corrected chi connectivity index (χ0v) is 8.81. The number of hydrogen-bond donors (Lipinski definition) is 1. The molecule has 0 aromatic heterocycles. The first-order valence-electron chi connectivity index (χ1n) is 5.04. The zero-order chi connectivity index (χ0) is 11.3. The highest BCUT2D eigenvalue weighted by Gasteiger charge is 2.25. The highest BCUT2D eigenvalue weighted by atomic mass is 16.5. The van der Waals surface area contributed by atoms with Crippen LogP contribution in [-0.4, -0.2) is 42.5 Å². The van der Waals surface area contributed by atoms with Gasteiger partial charge in [0.1, 0.15) is 0 Å². The van der Waals surface area contributed by atoms with E-state index in [-0.39, 0.29) is 17.9 Å². The van der Waals surface area contributed by atoms with E-state index >= 15 is 0 Å². The van der Waals surface area contributed by atoms with Crippen LogP contribution >= 0.6 is 0 Å². The summed E-state index contributed by atoms with van der Waals surface area (Å²) in [6.45, 7) is 3.14. The van der Waals surface area contributed by atoms with Gasteiger partial charge in [-0.1, -0.05) is 6.92 Å². The summed E-state index contributed by atoms with van der Waals surface area (Å²) in [6, 6.07) is 0. The van der Waals surface area contributed by atoms with Crippen molar-refractivity contribution in [2.45, 2.75) is 19.4 Å². The van der Waals surface area contributed by atoms with E-state index in [1.165, 1.54) is 17.1 Å². The summed E-state index contributed by atoms with van der Waals surface area (Å²) in [5.74, 6) is -0.537. The molecule has 0 saturated carbocycles. The van der Waals surface area contributed by atoms with Crippen molar-refractivity contribution in [3.05, 3.63) is 12.2 Å². The molecule has 0 spiro atoms. The van der Waals surface area contributed by atoms with E-state index in [9.17, 15) is 9.59 Å². The maximum absolute atomic E-state index is 11.2. The Hall–Kier alpha value is -1.20. The van der Waals surface area contributed by atoms with Gasteiger partial charge in [-0.2, -0.15) is 0 Å². The molecule has 0 radical (unpaired) electrons. The summed E-state index contributed by atoms with van der Waals surface area (Å²) < 4.78 is 5.40. The molecule has 1 rings (SSSR count). The number of carbonyl (C=O) groups is 2. The van der Waals surface area contributed by atoms with Crippen molar-refractivity contribution in [3.63, 3.8) is 0 Å². The van der Waals surface area contributed by atoms with Gasteiger partial charge in [0.25, 0.3) is 11.8 Å². The van der Waals surface area contributed by atoms with Crippen molar-refractivity contribution in [2.75, 3.05) is 19.7 Å². The molecule has 0 aromatic rings. The molecule has 84 valence electrons. The molecule has 5 heteroatoms. The fraction of sp³-hybridized carbons (Fsp3) is 0.600. The normalized spacial score (nSPS) is 17.6. The molecule has 2 N–H and O–H groups in total. The number of imide groups is 1. The van der Waals surface area contributed by atoms with Gasteiger partial charge >= 0.3 is 0 Å². The Kier molecular flexibility index (Phi) is 4.45. The highest BCUT2D eigenvalue weighted by Crippen LogP contribution is 2.08. The van der Waals surface area contributed by atoms with Gasteiger partial charge in [-0.15, -0.1) is 0 Å². The maximum atomic E-state index is 11.2. The van der Waals surface area contributed by atoms with Gasteiger partial charge in [-0.05, 0) is 6.42 Å². The molecule has 0 fully saturated rings. The first-order valence-corrected chi connectivity index (χ1v) is 5.04. The summed E-state index contributed by atoms with van der Waals surface area (Å²) in [5, 5.41) is 0. The third-order valence-corrected chi connectivity index (χ3v) is 2.21. The second-order valence-corrected chi connectivity index (χ2v) is 3.31. The minimum atomic E-state index is -0.269. The summed E-state index contributed by atoms with van der Waals surface area (Å²) in [7, 11) is 0. The zero-order valence-electron chi connectivity index (χ0n) is 8.81. The van der Waals surface area contributed by atoms with Crippen LogP contribution in [0.15, 0.2) is 12.2 Å². The molecule has 0 aliphatic carbocycles. The topological polar surface area (TPSA) is 72.6 Å². The Balaban J connectivity index is 2.44. The lowest BCUT2D eigenvalue weighted by Gasteiger charge is -2.21. The smallest absolute Gasteiger partial charge is 0.253 e. The second kappa shape index (κ2) is 5.63. The summed E-state index contributed by atoms with van der Waals surface area (Å²) >= 11 is 0. The van der Waals surface area contributed by atoms with Crippen LogP contribution in [0.1, 0.15) is 13.3 Å². The van der Waals surface area contributed by atoms with Crippen LogP contribution in [0.3, 0.4) is 0 Å². The minimum absolute atomic E-state index is 0.124. The largest absolute Gasteiger partial charge is 0.375 e. The monoisotopic (exact) mass is 212 g/mol. The number of nitrogens with zero attached hydrogens (tertiary/aromatic N) is 1. The molecule has 5 nitrogen and oxygen atoms in total. The van der Waals surface area contributed by atoms with Crippen LogP contribution in [0, 0.1) is 0 Å². The Bertz CT molecular complexity index is 258. The molecule has 15 heavy (non-hydrogen) atoms. The average molecular weight is 212 g/mol. The lowest BCUT2D eigenvalue weighted by atomic mass is 10.2. The van der Waals surface area contributed by atoms with Gasteiger partial charge in [-0.25, -0.2) is 0 Å². The van der Waals surface area contributed by atoms with Gasteiger partial charge in [0.2, 0.25) is 0 Å². The van der Waals surface area contributed by atoms with E-state index in [1.807, 2.05) is 6.92 Å². The van der Waals surface area contributed by atoms with Gasteiger partial charge < -0.3 is 10.5 Å².